The molecular weight excluding hydrogens is 266 g/mol. The second-order valence-corrected chi connectivity index (χ2v) is 5.52. The number of carbonyl (C=O) groups is 1. The Kier molecular flexibility index (Phi) is 4.50. The van der Waals surface area contributed by atoms with Crippen LogP contribution in [-0.2, 0) is 9.53 Å². The van der Waals surface area contributed by atoms with Crippen LogP contribution in [-0.4, -0.2) is 37.2 Å². The zero-order chi connectivity index (χ0) is 14.5. The van der Waals surface area contributed by atoms with Crippen LogP contribution >= 0.6 is 0 Å². The number of morpholine rings is 1. The summed E-state index contributed by atoms with van der Waals surface area (Å²) in [6, 6.07) is 3.87. The lowest BCUT2D eigenvalue weighted by Gasteiger charge is -2.28. The molecule has 0 saturated carbocycles. The van der Waals surface area contributed by atoms with E-state index in [-0.39, 0.29) is 5.91 Å². The van der Waals surface area contributed by atoms with Crippen LogP contribution in [0.25, 0.3) is 0 Å². The molecule has 0 aromatic carbocycles. The molecule has 0 radical (unpaired) electrons. The fourth-order valence-electron chi connectivity index (χ4n) is 2.77. The lowest BCUT2D eigenvalue weighted by atomic mass is 10.1. The zero-order valence-electron chi connectivity index (χ0n) is 12.1. The topological polar surface area (TPSA) is 54.5 Å². The molecule has 1 aromatic rings. The molecule has 1 fully saturated rings. The van der Waals surface area contributed by atoms with Crippen molar-refractivity contribution >= 4 is 17.4 Å². The number of nitrogens with one attached hydrogen (secondary N) is 1. The van der Waals surface area contributed by atoms with Gasteiger partial charge in [0.25, 0.3) is 0 Å². The molecule has 1 aromatic heterocycles. The van der Waals surface area contributed by atoms with E-state index in [0.29, 0.717) is 18.2 Å². The number of nitrogens with zero attached hydrogens (tertiary/aromatic N) is 2. The molecule has 3 rings (SSSR count). The van der Waals surface area contributed by atoms with E-state index in [4.69, 9.17) is 4.74 Å². The Balaban J connectivity index is 1.53. The third-order valence-corrected chi connectivity index (χ3v) is 3.95. The Hall–Kier alpha value is -1.88. The highest BCUT2D eigenvalue weighted by Crippen LogP contribution is 2.21. The molecule has 5 heteroatoms. The number of carbonyl (C=O) groups excluding carboxylic acids is 1. The summed E-state index contributed by atoms with van der Waals surface area (Å²) in [5, 5.41) is 2.87. The quantitative estimate of drug-likeness (QED) is 0.863. The Morgan fingerprint density at radius 3 is 2.90 bits per heavy atom. The van der Waals surface area contributed by atoms with Gasteiger partial charge in [-0.1, -0.05) is 12.2 Å². The molecule has 1 N–H and O–H groups in total. The zero-order valence-corrected chi connectivity index (χ0v) is 12.1. The van der Waals surface area contributed by atoms with Crippen molar-refractivity contribution in [3.63, 3.8) is 0 Å². The van der Waals surface area contributed by atoms with Gasteiger partial charge < -0.3 is 15.0 Å². The number of rotatable bonds is 4. The summed E-state index contributed by atoms with van der Waals surface area (Å²) in [7, 11) is 0. The average Bonchev–Trinajstić information content (AvgIpc) is 3.02. The average molecular weight is 287 g/mol. The van der Waals surface area contributed by atoms with Crippen LogP contribution in [0.15, 0.2) is 30.5 Å². The molecule has 1 aliphatic carbocycles. The van der Waals surface area contributed by atoms with E-state index in [1.165, 1.54) is 0 Å². The fraction of sp³-hybridized carbons (Fsp3) is 0.500. The number of hydrogen-bond acceptors (Lipinski definition) is 4. The van der Waals surface area contributed by atoms with E-state index < -0.39 is 0 Å². The highest BCUT2D eigenvalue weighted by molar-refractivity contribution is 5.90. The van der Waals surface area contributed by atoms with Crippen molar-refractivity contribution in [2.75, 3.05) is 36.5 Å². The van der Waals surface area contributed by atoms with Crippen LogP contribution in [0, 0.1) is 5.92 Å². The summed E-state index contributed by atoms with van der Waals surface area (Å²) in [5.74, 6) is 1.05. The molecule has 5 nitrogen and oxygen atoms in total. The normalized spacial score (nSPS) is 21.5. The number of anilines is 2. The smallest absolute Gasteiger partial charge is 0.226 e. The van der Waals surface area contributed by atoms with Crippen molar-refractivity contribution in [3.8, 4) is 0 Å². The van der Waals surface area contributed by atoms with Crippen molar-refractivity contribution in [2.45, 2.75) is 19.3 Å². The van der Waals surface area contributed by atoms with Gasteiger partial charge in [0.2, 0.25) is 5.91 Å². The molecule has 1 atom stereocenters. The van der Waals surface area contributed by atoms with Crippen molar-refractivity contribution in [1.29, 1.82) is 0 Å². The summed E-state index contributed by atoms with van der Waals surface area (Å²) in [5.41, 5.74) is 1.08. The van der Waals surface area contributed by atoms with Crippen LogP contribution in [0.4, 0.5) is 11.5 Å². The summed E-state index contributed by atoms with van der Waals surface area (Å²) in [6.07, 6.45) is 8.81. The molecular formula is C16H21N3O2. The van der Waals surface area contributed by atoms with Crippen molar-refractivity contribution in [3.05, 3.63) is 30.5 Å². The Labute approximate surface area is 125 Å². The number of ether oxygens (including phenoxy) is 1. The van der Waals surface area contributed by atoms with Gasteiger partial charge in [0, 0.05) is 19.5 Å². The van der Waals surface area contributed by atoms with Gasteiger partial charge in [-0.05, 0) is 30.9 Å². The largest absolute Gasteiger partial charge is 0.378 e. The number of amides is 1. The van der Waals surface area contributed by atoms with Crippen LogP contribution in [0.1, 0.15) is 19.3 Å². The minimum atomic E-state index is 0.0400. The fourth-order valence-corrected chi connectivity index (χ4v) is 2.77. The van der Waals surface area contributed by atoms with E-state index in [2.05, 4.69) is 27.4 Å². The number of pyridine rings is 1. The maximum atomic E-state index is 11.9. The van der Waals surface area contributed by atoms with Gasteiger partial charge in [-0.2, -0.15) is 0 Å². The van der Waals surface area contributed by atoms with E-state index in [1.807, 2.05) is 18.3 Å². The first kappa shape index (κ1) is 14.1. The predicted molar refractivity (Wildman–Crippen MR) is 82.4 cm³/mol. The molecule has 112 valence electrons. The first-order valence-electron chi connectivity index (χ1n) is 7.56. The van der Waals surface area contributed by atoms with Gasteiger partial charge >= 0.3 is 0 Å². The number of allylic oxidation sites excluding steroid dienone is 2. The van der Waals surface area contributed by atoms with Gasteiger partial charge in [0.05, 0.1) is 25.1 Å². The third-order valence-electron chi connectivity index (χ3n) is 3.95. The summed E-state index contributed by atoms with van der Waals surface area (Å²) < 4.78 is 5.34. The van der Waals surface area contributed by atoms with Crippen LogP contribution in [0.3, 0.4) is 0 Å². The second kappa shape index (κ2) is 6.72. The second-order valence-electron chi connectivity index (χ2n) is 5.52. The molecule has 0 unspecified atom stereocenters. The Morgan fingerprint density at radius 1 is 1.38 bits per heavy atom. The lowest BCUT2D eigenvalue weighted by Crippen LogP contribution is -2.36. The van der Waals surface area contributed by atoms with Gasteiger partial charge in [-0.3, -0.25) is 4.79 Å². The van der Waals surface area contributed by atoms with Gasteiger partial charge in [0.1, 0.15) is 5.82 Å². The Bertz CT molecular complexity index is 507. The standard InChI is InChI=1S/C16H21N3O2/c20-16(11-13-3-1-2-4-13)18-15-6-5-14(12-17-15)19-7-9-21-10-8-19/h1,3,5-6,12-13H,2,4,7-11H2,(H,17,18,20)/t13-/m0/s1. The molecule has 1 aliphatic heterocycles. The maximum Gasteiger partial charge on any atom is 0.226 e. The van der Waals surface area contributed by atoms with Gasteiger partial charge in [-0.25, -0.2) is 4.98 Å². The molecule has 1 amide bonds. The minimum absolute atomic E-state index is 0.0400. The molecule has 2 heterocycles. The van der Waals surface area contributed by atoms with Crippen molar-refractivity contribution < 1.29 is 9.53 Å². The predicted octanol–water partition coefficient (Wildman–Crippen LogP) is 2.21. The van der Waals surface area contributed by atoms with Crippen LogP contribution < -0.4 is 10.2 Å². The first-order chi connectivity index (χ1) is 10.3. The van der Waals surface area contributed by atoms with Crippen LogP contribution in [0.5, 0.6) is 0 Å². The summed E-state index contributed by atoms with van der Waals surface area (Å²) in [4.78, 5) is 18.5. The summed E-state index contributed by atoms with van der Waals surface area (Å²) in [6.45, 7) is 3.30. The van der Waals surface area contributed by atoms with Gasteiger partial charge in [-0.15, -0.1) is 0 Å². The van der Waals surface area contributed by atoms with E-state index >= 15 is 0 Å². The highest BCUT2D eigenvalue weighted by atomic mass is 16.5. The number of aromatic nitrogens is 1. The van der Waals surface area contributed by atoms with E-state index in [9.17, 15) is 4.79 Å². The molecule has 1 saturated heterocycles. The third kappa shape index (κ3) is 3.82. The molecule has 21 heavy (non-hydrogen) atoms. The monoisotopic (exact) mass is 287 g/mol. The highest BCUT2D eigenvalue weighted by Gasteiger charge is 2.15. The van der Waals surface area contributed by atoms with Gasteiger partial charge in [0.15, 0.2) is 0 Å². The molecule has 0 spiro atoms. The van der Waals surface area contributed by atoms with E-state index in [1.54, 1.807) is 0 Å². The van der Waals surface area contributed by atoms with Crippen molar-refractivity contribution in [1.82, 2.24) is 4.98 Å². The number of hydrogen-bond donors (Lipinski definition) is 1. The lowest BCUT2D eigenvalue weighted by molar-refractivity contribution is -0.116. The van der Waals surface area contributed by atoms with E-state index in [0.717, 1.165) is 44.8 Å². The minimum Gasteiger partial charge on any atom is -0.378 e. The van der Waals surface area contributed by atoms with Crippen LogP contribution in [0.2, 0.25) is 0 Å². The molecule has 2 aliphatic rings. The maximum absolute atomic E-state index is 11.9. The molecule has 0 bridgehead atoms. The SMILES string of the molecule is O=C(C[C@H]1C=CCC1)Nc1ccc(N2CCOCC2)cn1. The first-order valence-corrected chi connectivity index (χ1v) is 7.56. The Morgan fingerprint density at radius 2 is 2.24 bits per heavy atom. The van der Waals surface area contributed by atoms with Crippen molar-refractivity contribution in [2.24, 2.45) is 5.92 Å². The summed E-state index contributed by atoms with van der Waals surface area (Å²) >= 11 is 0.